The summed E-state index contributed by atoms with van der Waals surface area (Å²) in [5, 5.41) is 45.9. The van der Waals surface area contributed by atoms with Gasteiger partial charge in [0.15, 0.2) is 22.4 Å². The minimum atomic E-state index is -4.69. The van der Waals surface area contributed by atoms with Crippen LogP contribution in [0, 0.1) is 0 Å². The number of oxime groups is 1. The van der Waals surface area contributed by atoms with E-state index in [4.69, 9.17) is 20.1 Å². The molecule has 6 rings (SSSR count). The Balaban J connectivity index is 1.22. The minimum absolute atomic E-state index is 0.0987. The molecule has 1 saturated carbocycles. The number of halogens is 2. The number of nitrogens with zero attached hydrogens (tertiary/aromatic N) is 5. The van der Waals surface area contributed by atoms with Crippen LogP contribution in [0.4, 0.5) is 13.9 Å². The molecule has 7 N–H and O–H groups in total. The van der Waals surface area contributed by atoms with Crippen LogP contribution in [0.3, 0.4) is 0 Å². The highest BCUT2D eigenvalue weighted by atomic mass is 32.2. The first-order valence-electron chi connectivity index (χ1n) is 13.5. The van der Waals surface area contributed by atoms with Crippen LogP contribution in [0.5, 0.6) is 0 Å². The predicted octanol–water partition coefficient (Wildman–Crippen LogP) is -1.39. The number of ether oxygens (including phenoxy) is 1. The molecule has 2 unspecified atom stereocenters. The maximum Gasteiger partial charge on any atom is 0.372 e. The number of hydrogen-bond donors (Lipinski definition) is 6. The number of hydrogen-bond acceptors (Lipinski definition) is 16. The van der Waals surface area contributed by atoms with Crippen molar-refractivity contribution in [1.82, 2.24) is 24.0 Å². The Morgan fingerprint density at radius 3 is 2.43 bits per heavy atom. The van der Waals surface area contributed by atoms with Crippen molar-refractivity contribution in [1.29, 1.82) is 0 Å². The van der Waals surface area contributed by atoms with Gasteiger partial charge < -0.3 is 41.1 Å². The van der Waals surface area contributed by atoms with Gasteiger partial charge in [0.05, 0.1) is 31.2 Å². The Morgan fingerprint density at radius 1 is 1.14 bits per heavy atom. The van der Waals surface area contributed by atoms with Crippen molar-refractivity contribution >= 4 is 62.1 Å². The van der Waals surface area contributed by atoms with Crippen LogP contribution in [0.2, 0.25) is 0 Å². The lowest BCUT2D eigenvalue weighted by Crippen LogP contribution is -2.58. The molecule has 3 fully saturated rings. The van der Waals surface area contributed by atoms with Crippen LogP contribution in [0.15, 0.2) is 46.2 Å². The standard InChI is InChI=1S/C24H21F2N7O14S2/c25-23(26)7-22(8-23,19(39)40)47-30-15(11-6-48-21(27)29-11)16(36)28-10-5-45-33(17(10)37)24(20(41)42)2-12(18(38)46-24)32-3-9-1-13(34)14(35)4-31(9)49(32,43)44/h1,3-4,6,10,12,34-35H,2,5,7-8H2,(H2,27,29)(H,28,36)(H,39,40)(H,41,42)/b30-15-/t10-,12?,24?/m0/s1. The molecule has 2 amide bonds. The number of carboxylic acids is 2. The molecule has 5 heterocycles. The highest BCUT2D eigenvalue weighted by Gasteiger charge is 2.66. The number of cyclic esters (lactones) is 1. The Bertz CT molecular complexity index is 1940. The molecule has 49 heavy (non-hydrogen) atoms. The van der Waals surface area contributed by atoms with Crippen molar-refractivity contribution in [2.24, 2.45) is 5.16 Å². The number of carbonyl (C=O) groups is 5. The van der Waals surface area contributed by atoms with Gasteiger partial charge in [0.25, 0.3) is 17.7 Å². The first-order valence-corrected chi connectivity index (χ1v) is 15.8. The number of fused-ring (bicyclic) bond motifs is 1. The van der Waals surface area contributed by atoms with Crippen molar-refractivity contribution in [3.8, 4) is 0 Å². The van der Waals surface area contributed by atoms with Gasteiger partial charge in [0.2, 0.25) is 5.60 Å². The van der Waals surface area contributed by atoms with E-state index in [0.717, 1.165) is 23.6 Å². The second-order valence-corrected chi connectivity index (χ2v) is 13.6. The van der Waals surface area contributed by atoms with Crippen molar-refractivity contribution in [3.05, 3.63) is 46.8 Å². The van der Waals surface area contributed by atoms with Crippen LogP contribution >= 0.6 is 11.3 Å². The van der Waals surface area contributed by atoms with Gasteiger partial charge in [-0.05, 0) is 0 Å². The molecule has 3 atom stereocenters. The molecule has 1 aromatic heterocycles. The van der Waals surface area contributed by atoms with E-state index in [1.807, 2.05) is 0 Å². The number of aromatic nitrogens is 1. The zero-order chi connectivity index (χ0) is 35.8. The Hall–Kier alpha value is -5.56. The van der Waals surface area contributed by atoms with Crippen LogP contribution in [-0.2, 0) is 48.6 Å². The first-order chi connectivity index (χ1) is 22.8. The maximum atomic E-state index is 13.6. The summed E-state index contributed by atoms with van der Waals surface area (Å²) in [6.45, 7) is -0.783. The molecule has 0 spiro atoms. The van der Waals surface area contributed by atoms with Gasteiger partial charge in [0, 0.05) is 17.7 Å². The number of aliphatic hydroxyl groups is 2. The molecule has 1 aromatic rings. The number of nitrogen functional groups attached to an aromatic ring is 1. The fraction of sp³-hybridized carbons (Fsp3) is 0.375. The quantitative estimate of drug-likeness (QED) is 0.0967. The summed E-state index contributed by atoms with van der Waals surface area (Å²) in [5.41, 5.74) is -1.22. The number of nitrogens with one attached hydrogen (secondary N) is 1. The Morgan fingerprint density at radius 2 is 1.84 bits per heavy atom. The van der Waals surface area contributed by atoms with E-state index in [9.17, 15) is 61.6 Å². The monoisotopic (exact) mass is 733 g/mol. The molecular formula is C24H21F2N7O14S2. The molecule has 1 aliphatic carbocycles. The normalized spacial score (nSPS) is 28.2. The van der Waals surface area contributed by atoms with Crippen LogP contribution in [0.25, 0.3) is 0 Å². The highest BCUT2D eigenvalue weighted by molar-refractivity contribution is 7.87. The van der Waals surface area contributed by atoms with E-state index >= 15 is 0 Å². The zero-order valence-corrected chi connectivity index (χ0v) is 25.7. The number of allylic oxidation sites excluding steroid dienone is 1. The van der Waals surface area contributed by atoms with E-state index in [2.05, 4.69) is 15.5 Å². The second kappa shape index (κ2) is 11.0. The fourth-order valence-corrected chi connectivity index (χ4v) is 7.41. The number of esters is 1. The Labute approximate surface area is 274 Å². The van der Waals surface area contributed by atoms with E-state index in [1.165, 1.54) is 5.38 Å². The molecule has 0 bridgehead atoms. The number of hydroxylamine groups is 2. The summed E-state index contributed by atoms with van der Waals surface area (Å²) in [5.74, 6) is -12.7. The number of alkyl halides is 2. The lowest BCUT2D eigenvalue weighted by Gasteiger charge is -2.41. The van der Waals surface area contributed by atoms with Crippen LogP contribution in [-0.4, -0.2) is 119 Å². The number of nitrogens with two attached hydrogens (primary N) is 1. The largest absolute Gasteiger partial charge is 0.504 e. The van der Waals surface area contributed by atoms with Crippen LogP contribution in [0.1, 0.15) is 25.0 Å². The maximum absolute atomic E-state index is 13.6. The van der Waals surface area contributed by atoms with Crippen molar-refractivity contribution in [2.75, 3.05) is 12.3 Å². The van der Waals surface area contributed by atoms with E-state index in [-0.39, 0.29) is 21.6 Å². The summed E-state index contributed by atoms with van der Waals surface area (Å²) in [6, 6.07) is -3.65. The number of rotatable bonds is 9. The van der Waals surface area contributed by atoms with E-state index < -0.39 is 112 Å². The number of anilines is 1. The smallest absolute Gasteiger partial charge is 0.372 e. The fourth-order valence-electron chi connectivity index (χ4n) is 5.34. The predicted molar refractivity (Wildman–Crippen MR) is 150 cm³/mol. The summed E-state index contributed by atoms with van der Waals surface area (Å²) in [6.07, 6.45) is -1.24. The van der Waals surface area contributed by atoms with Gasteiger partial charge in [-0.3, -0.25) is 14.4 Å². The average Bonchev–Trinajstić information content (AvgIpc) is 3.73. The van der Waals surface area contributed by atoms with Gasteiger partial charge in [-0.15, -0.1) is 11.3 Å². The van der Waals surface area contributed by atoms with Gasteiger partial charge in [0.1, 0.15) is 24.4 Å². The van der Waals surface area contributed by atoms with Crippen molar-refractivity contribution in [2.45, 2.75) is 48.6 Å². The number of carboxylic acid groups (broad SMARTS) is 2. The molecule has 21 nitrogen and oxygen atoms in total. The van der Waals surface area contributed by atoms with Crippen molar-refractivity contribution < 1.29 is 76.0 Å². The lowest BCUT2D eigenvalue weighted by atomic mass is 9.76. The lowest BCUT2D eigenvalue weighted by molar-refractivity contribution is -0.256. The molecule has 2 saturated heterocycles. The third-order valence-corrected chi connectivity index (χ3v) is 10.1. The van der Waals surface area contributed by atoms with Gasteiger partial charge >= 0.3 is 33.8 Å². The number of carbonyl (C=O) groups excluding carboxylic acids is 3. The summed E-state index contributed by atoms with van der Waals surface area (Å²) < 4.78 is 59.4. The first kappa shape index (κ1) is 33.3. The summed E-state index contributed by atoms with van der Waals surface area (Å²) >= 11 is 0.805. The van der Waals surface area contributed by atoms with Gasteiger partial charge in [-0.2, -0.15) is 13.5 Å². The van der Waals surface area contributed by atoms with Gasteiger partial charge in [-0.25, -0.2) is 36.8 Å². The van der Waals surface area contributed by atoms with Gasteiger partial charge in [-0.1, -0.05) is 5.16 Å². The molecule has 0 radical (unpaired) electrons. The SMILES string of the molecule is Nc1nc(/C(=N/OC2(C(=O)O)CC(F)(F)C2)C(=O)N[C@H]2CON(C3(C(=O)O)CC(N4C=C5C=C(O)C(O)=CN5S4(=O)=O)C(=O)O3)C2=O)cs1. The topological polar surface area (TPSA) is 301 Å². The van der Waals surface area contributed by atoms with E-state index in [1.54, 1.807) is 0 Å². The number of aliphatic hydroxyl groups excluding tert-OH is 2. The molecular weight excluding hydrogens is 712 g/mol. The summed E-state index contributed by atoms with van der Waals surface area (Å²) in [7, 11) is -4.69. The van der Waals surface area contributed by atoms with Crippen molar-refractivity contribution in [3.63, 3.8) is 0 Å². The average molecular weight is 734 g/mol. The van der Waals surface area contributed by atoms with E-state index in [0.29, 0.717) is 14.8 Å². The number of thiazole rings is 1. The van der Waals surface area contributed by atoms with Crippen LogP contribution < -0.4 is 11.1 Å². The molecule has 25 heteroatoms. The third kappa shape index (κ3) is 5.30. The number of aliphatic carboxylic acids is 2. The number of amides is 2. The minimum Gasteiger partial charge on any atom is -0.504 e. The molecule has 0 aromatic carbocycles. The summed E-state index contributed by atoms with van der Waals surface area (Å²) in [4.78, 5) is 77.8. The molecule has 4 aliphatic heterocycles. The second-order valence-electron chi connectivity index (χ2n) is 11.0. The molecule has 262 valence electrons. The Kier molecular flexibility index (Phi) is 7.48. The molecule has 5 aliphatic rings. The zero-order valence-electron chi connectivity index (χ0n) is 24.0. The third-order valence-electron chi connectivity index (χ3n) is 7.74. The highest BCUT2D eigenvalue weighted by Crippen LogP contribution is 2.48.